The van der Waals surface area contributed by atoms with Crippen LogP contribution < -0.4 is 0 Å². The second kappa shape index (κ2) is 7.48. The predicted octanol–water partition coefficient (Wildman–Crippen LogP) is 6.09. The van der Waals surface area contributed by atoms with Crippen LogP contribution >= 0.6 is 0 Å². The molecule has 2 fully saturated rings. The van der Waals surface area contributed by atoms with Gasteiger partial charge in [0.1, 0.15) is 0 Å². The summed E-state index contributed by atoms with van der Waals surface area (Å²) in [7, 11) is 0. The molecule has 0 spiro atoms. The molecule has 20 heavy (non-hydrogen) atoms. The van der Waals surface area contributed by atoms with Gasteiger partial charge in [-0.3, -0.25) is 0 Å². The highest BCUT2D eigenvalue weighted by atomic mass is 14.5. The van der Waals surface area contributed by atoms with E-state index < -0.39 is 0 Å². The van der Waals surface area contributed by atoms with Crippen LogP contribution in [-0.4, -0.2) is 0 Å². The van der Waals surface area contributed by atoms with Crippen LogP contribution in [0.2, 0.25) is 0 Å². The van der Waals surface area contributed by atoms with Crippen LogP contribution in [-0.2, 0) is 0 Å². The van der Waals surface area contributed by atoms with Gasteiger partial charge >= 0.3 is 0 Å². The van der Waals surface area contributed by atoms with Crippen molar-refractivity contribution in [3.63, 3.8) is 0 Å². The molecule has 0 aromatic heterocycles. The number of unbranched alkanes of at least 4 members (excludes halogenated alkanes) is 2. The first-order valence-corrected chi connectivity index (χ1v) is 9.14. The average molecular weight is 275 g/mol. The van der Waals surface area contributed by atoms with Crippen molar-refractivity contribution in [1.29, 1.82) is 5.26 Å². The third kappa shape index (κ3) is 3.78. The molecule has 1 nitrogen and oxygen atoms in total. The minimum Gasteiger partial charge on any atom is -0.198 e. The van der Waals surface area contributed by atoms with Gasteiger partial charge in [0.2, 0.25) is 0 Å². The van der Waals surface area contributed by atoms with Crippen molar-refractivity contribution < 1.29 is 0 Å². The lowest BCUT2D eigenvalue weighted by atomic mass is 9.58. The normalized spacial score (nSPS) is 37.1. The molecule has 4 atom stereocenters. The molecule has 1 heteroatoms. The molecule has 0 radical (unpaired) electrons. The van der Waals surface area contributed by atoms with E-state index in [-0.39, 0.29) is 5.41 Å². The van der Waals surface area contributed by atoms with Gasteiger partial charge in [-0.05, 0) is 56.3 Å². The molecular formula is C19H33N. The van der Waals surface area contributed by atoms with Crippen molar-refractivity contribution in [3.05, 3.63) is 0 Å². The summed E-state index contributed by atoms with van der Waals surface area (Å²) in [6, 6.07) is 2.70. The van der Waals surface area contributed by atoms with E-state index in [0.29, 0.717) is 0 Å². The summed E-state index contributed by atoms with van der Waals surface area (Å²) >= 11 is 0. The Balaban J connectivity index is 1.84. The maximum Gasteiger partial charge on any atom is 0.0689 e. The summed E-state index contributed by atoms with van der Waals surface area (Å²) in [4.78, 5) is 0. The van der Waals surface area contributed by atoms with E-state index in [1.54, 1.807) is 0 Å². The number of nitrogens with zero attached hydrogens (tertiary/aromatic N) is 1. The molecule has 2 saturated carbocycles. The largest absolute Gasteiger partial charge is 0.198 e. The van der Waals surface area contributed by atoms with Crippen LogP contribution in [0.15, 0.2) is 0 Å². The fourth-order valence-electron chi connectivity index (χ4n) is 4.92. The summed E-state index contributed by atoms with van der Waals surface area (Å²) in [6.07, 6.45) is 16.0. The number of rotatable bonds is 6. The smallest absolute Gasteiger partial charge is 0.0689 e. The topological polar surface area (TPSA) is 23.8 Å². The second-order valence-corrected chi connectivity index (χ2v) is 7.58. The van der Waals surface area contributed by atoms with E-state index >= 15 is 0 Å². The molecule has 0 bridgehead atoms. The van der Waals surface area contributed by atoms with Crippen LogP contribution in [0.3, 0.4) is 0 Å². The molecule has 2 aliphatic rings. The third-order valence-electron chi connectivity index (χ3n) is 6.08. The third-order valence-corrected chi connectivity index (χ3v) is 6.08. The fraction of sp³-hybridized carbons (Fsp3) is 0.947. The standard InChI is InChI=1S/C19H33N/c1-3-5-6-7-16-8-9-18-14-19(15-20,11-4-2)12-10-17(18)13-16/h16-18H,3-14H2,1-2H3. The summed E-state index contributed by atoms with van der Waals surface area (Å²) in [5, 5.41) is 9.61. The predicted molar refractivity (Wildman–Crippen MR) is 85.3 cm³/mol. The average Bonchev–Trinajstić information content (AvgIpc) is 2.48. The van der Waals surface area contributed by atoms with Crippen LogP contribution in [0.25, 0.3) is 0 Å². The highest BCUT2D eigenvalue weighted by Gasteiger charge is 2.42. The van der Waals surface area contributed by atoms with Crippen molar-refractivity contribution in [1.82, 2.24) is 0 Å². The molecule has 0 saturated heterocycles. The number of nitriles is 1. The number of fused-ring (bicyclic) bond motifs is 1. The van der Waals surface area contributed by atoms with Crippen molar-refractivity contribution in [2.75, 3.05) is 0 Å². The minimum absolute atomic E-state index is 0.0466. The molecule has 4 unspecified atom stereocenters. The Morgan fingerprint density at radius 1 is 1.05 bits per heavy atom. The van der Waals surface area contributed by atoms with Crippen LogP contribution in [0.1, 0.15) is 90.9 Å². The molecular weight excluding hydrogens is 242 g/mol. The van der Waals surface area contributed by atoms with Gasteiger partial charge in [0.15, 0.2) is 0 Å². The van der Waals surface area contributed by atoms with Gasteiger partial charge in [-0.25, -0.2) is 0 Å². The van der Waals surface area contributed by atoms with E-state index in [4.69, 9.17) is 0 Å². The first-order chi connectivity index (χ1) is 9.73. The molecule has 2 rings (SSSR count). The quantitative estimate of drug-likeness (QED) is 0.538. The Labute approximate surface area is 126 Å². The Kier molecular flexibility index (Phi) is 5.94. The molecule has 0 aromatic carbocycles. The van der Waals surface area contributed by atoms with Crippen molar-refractivity contribution in [3.8, 4) is 6.07 Å². The van der Waals surface area contributed by atoms with Crippen molar-refractivity contribution in [2.45, 2.75) is 90.9 Å². The Morgan fingerprint density at radius 2 is 1.90 bits per heavy atom. The first kappa shape index (κ1) is 15.9. The molecule has 0 heterocycles. The summed E-state index contributed by atoms with van der Waals surface area (Å²) in [6.45, 7) is 4.53. The van der Waals surface area contributed by atoms with Crippen LogP contribution in [0, 0.1) is 34.5 Å². The lowest BCUT2D eigenvalue weighted by molar-refractivity contribution is 0.0625. The van der Waals surface area contributed by atoms with Crippen molar-refractivity contribution in [2.24, 2.45) is 23.2 Å². The zero-order valence-corrected chi connectivity index (χ0v) is 13.7. The van der Waals surface area contributed by atoms with E-state index in [1.165, 1.54) is 70.6 Å². The maximum absolute atomic E-state index is 9.61. The van der Waals surface area contributed by atoms with Crippen LogP contribution in [0.5, 0.6) is 0 Å². The number of hydrogen-bond acceptors (Lipinski definition) is 1. The van der Waals surface area contributed by atoms with Gasteiger partial charge in [-0.15, -0.1) is 0 Å². The van der Waals surface area contributed by atoms with Gasteiger partial charge in [-0.2, -0.15) is 5.26 Å². The lowest BCUT2D eigenvalue weighted by Gasteiger charge is -2.45. The Hall–Kier alpha value is -0.510. The fourth-order valence-corrected chi connectivity index (χ4v) is 4.92. The highest BCUT2D eigenvalue weighted by Crippen LogP contribution is 2.51. The molecule has 2 aliphatic carbocycles. The van der Waals surface area contributed by atoms with Gasteiger partial charge in [0.05, 0.1) is 11.5 Å². The second-order valence-electron chi connectivity index (χ2n) is 7.58. The van der Waals surface area contributed by atoms with Gasteiger partial charge < -0.3 is 0 Å². The summed E-state index contributed by atoms with van der Waals surface area (Å²) in [5.41, 5.74) is 0.0466. The molecule has 0 N–H and O–H groups in total. The zero-order chi connectivity index (χ0) is 14.4. The van der Waals surface area contributed by atoms with Gasteiger partial charge in [-0.1, -0.05) is 52.4 Å². The zero-order valence-electron chi connectivity index (χ0n) is 13.7. The molecule has 114 valence electrons. The molecule has 0 aliphatic heterocycles. The van der Waals surface area contributed by atoms with E-state index in [2.05, 4.69) is 19.9 Å². The Bertz CT molecular complexity index is 329. The first-order valence-electron chi connectivity index (χ1n) is 9.14. The Morgan fingerprint density at radius 3 is 2.60 bits per heavy atom. The lowest BCUT2D eigenvalue weighted by Crippen LogP contribution is -2.36. The monoisotopic (exact) mass is 275 g/mol. The summed E-state index contributed by atoms with van der Waals surface area (Å²) < 4.78 is 0. The van der Waals surface area contributed by atoms with E-state index in [0.717, 1.165) is 24.2 Å². The van der Waals surface area contributed by atoms with E-state index in [9.17, 15) is 5.26 Å². The van der Waals surface area contributed by atoms with E-state index in [1.807, 2.05) is 0 Å². The van der Waals surface area contributed by atoms with Crippen LogP contribution in [0.4, 0.5) is 0 Å². The van der Waals surface area contributed by atoms with Crippen molar-refractivity contribution >= 4 is 0 Å². The molecule has 0 amide bonds. The SMILES string of the molecule is CCCCCC1CCC2CC(C#N)(CCC)CCC2C1. The molecule has 0 aromatic rings. The minimum atomic E-state index is 0.0466. The maximum atomic E-state index is 9.61. The number of hydrogen-bond donors (Lipinski definition) is 0. The van der Waals surface area contributed by atoms with Gasteiger partial charge in [0, 0.05) is 0 Å². The van der Waals surface area contributed by atoms with Gasteiger partial charge in [0.25, 0.3) is 0 Å². The summed E-state index contributed by atoms with van der Waals surface area (Å²) in [5.74, 6) is 2.83. The highest BCUT2D eigenvalue weighted by molar-refractivity contribution is 5.04.